The summed E-state index contributed by atoms with van der Waals surface area (Å²) in [6, 6.07) is 19.1. The predicted molar refractivity (Wildman–Crippen MR) is 154 cm³/mol. The average molecular weight is 610 g/mol. The number of carbonyl (C=O) groups excluding carboxylic acids is 1. The van der Waals surface area contributed by atoms with Crippen molar-refractivity contribution in [1.82, 2.24) is 0 Å². The number of halogens is 1. The van der Waals surface area contributed by atoms with Crippen LogP contribution >= 0.6 is 27.7 Å². The van der Waals surface area contributed by atoms with Gasteiger partial charge in [0, 0.05) is 0 Å². The zero-order chi connectivity index (χ0) is 27.9. The normalized spacial score (nSPS) is 15.1. The van der Waals surface area contributed by atoms with Gasteiger partial charge in [0.1, 0.15) is 23.0 Å². The third kappa shape index (κ3) is 6.71. The predicted octanol–water partition coefficient (Wildman–Crippen LogP) is 6.93. The molecule has 200 valence electrons. The van der Waals surface area contributed by atoms with Gasteiger partial charge in [0.05, 0.1) is 34.3 Å². The van der Waals surface area contributed by atoms with E-state index in [1.54, 1.807) is 49.4 Å². The Morgan fingerprint density at radius 3 is 2.44 bits per heavy atom. The van der Waals surface area contributed by atoms with Crippen molar-refractivity contribution in [2.24, 2.45) is 4.99 Å². The van der Waals surface area contributed by atoms with Gasteiger partial charge in [-0.3, -0.25) is 0 Å². The molecule has 10 heteroatoms. The van der Waals surface area contributed by atoms with Gasteiger partial charge in [-0.2, -0.15) is 0 Å². The van der Waals surface area contributed by atoms with Gasteiger partial charge in [0.25, 0.3) is 0 Å². The van der Waals surface area contributed by atoms with Gasteiger partial charge in [-0.15, -0.1) is 0 Å². The van der Waals surface area contributed by atoms with E-state index in [-0.39, 0.29) is 30.1 Å². The zero-order valence-corrected chi connectivity index (χ0v) is 23.4. The molecular formula is C29H24BrNO7S. The summed E-state index contributed by atoms with van der Waals surface area (Å²) in [5.74, 6) is -0.966. The molecule has 0 amide bonds. The maximum atomic E-state index is 12.7. The number of carbonyl (C=O) groups is 2. The molecule has 3 aromatic carbocycles. The maximum absolute atomic E-state index is 12.7. The molecule has 0 saturated heterocycles. The Morgan fingerprint density at radius 1 is 1.08 bits per heavy atom. The van der Waals surface area contributed by atoms with Gasteiger partial charge in [0.15, 0.2) is 11.5 Å². The van der Waals surface area contributed by atoms with Crippen LogP contribution in [0.1, 0.15) is 28.4 Å². The zero-order valence-electron chi connectivity index (χ0n) is 21.0. The largest absolute Gasteiger partial charge is 0.506 e. The lowest BCUT2D eigenvalue weighted by atomic mass is 10.1. The minimum absolute atomic E-state index is 0.0110. The van der Waals surface area contributed by atoms with Gasteiger partial charge < -0.3 is 24.4 Å². The Labute approximate surface area is 237 Å². The van der Waals surface area contributed by atoms with E-state index in [0.717, 1.165) is 17.3 Å². The van der Waals surface area contributed by atoms with Crippen molar-refractivity contribution in [1.29, 1.82) is 0 Å². The lowest BCUT2D eigenvalue weighted by Gasteiger charge is -2.14. The monoisotopic (exact) mass is 609 g/mol. The van der Waals surface area contributed by atoms with Crippen LogP contribution in [0.4, 0.5) is 5.69 Å². The second kappa shape index (κ2) is 12.7. The number of ether oxygens (including phenoxy) is 3. The number of nitrogens with zero attached hydrogens (tertiary/aromatic N) is 1. The minimum Gasteiger partial charge on any atom is -0.506 e. The highest BCUT2D eigenvalue weighted by Gasteiger charge is 2.33. The number of thioether (sulfide) groups is 1. The van der Waals surface area contributed by atoms with E-state index in [0.29, 0.717) is 37.2 Å². The summed E-state index contributed by atoms with van der Waals surface area (Å²) in [6.45, 7) is 2.05. The second-order valence-corrected chi connectivity index (χ2v) is 10.0. The molecule has 0 atom stereocenters. The van der Waals surface area contributed by atoms with Crippen LogP contribution in [0, 0.1) is 0 Å². The molecule has 0 radical (unpaired) electrons. The molecule has 0 fully saturated rings. The lowest BCUT2D eigenvalue weighted by molar-refractivity contribution is -0.138. The summed E-state index contributed by atoms with van der Waals surface area (Å²) in [6.07, 6.45) is 1.72. The number of rotatable bonds is 9. The summed E-state index contributed by atoms with van der Waals surface area (Å²) in [7, 11) is 1.51. The average Bonchev–Trinajstić information content (AvgIpc) is 3.22. The number of benzene rings is 3. The highest BCUT2D eigenvalue weighted by atomic mass is 79.9. The molecule has 1 aliphatic rings. The first-order valence-electron chi connectivity index (χ1n) is 11.8. The third-order valence-electron chi connectivity index (χ3n) is 5.49. The highest BCUT2D eigenvalue weighted by Crippen LogP contribution is 2.42. The van der Waals surface area contributed by atoms with Crippen molar-refractivity contribution in [3.05, 3.63) is 104 Å². The molecule has 4 rings (SSSR count). The first kappa shape index (κ1) is 28.0. The van der Waals surface area contributed by atoms with Crippen molar-refractivity contribution < 1.29 is 34.0 Å². The molecule has 0 saturated carbocycles. The van der Waals surface area contributed by atoms with Crippen molar-refractivity contribution in [2.45, 2.75) is 13.5 Å². The summed E-state index contributed by atoms with van der Waals surface area (Å²) >= 11 is 4.69. The summed E-state index contributed by atoms with van der Waals surface area (Å²) in [5.41, 5.74) is 2.31. The van der Waals surface area contributed by atoms with Gasteiger partial charge in [0.2, 0.25) is 0 Å². The molecule has 2 N–H and O–H groups in total. The number of carboxylic acid groups (broad SMARTS) is 1. The molecule has 1 heterocycles. The maximum Gasteiger partial charge on any atom is 0.344 e. The number of aliphatic hydroxyl groups is 1. The standard InChI is InChI=1S/C29H24BrNO7S/c1-3-37-29(35)24-25(32)23(39-27(24)31-20-7-5-4-6-8-20)15-18-13-21(30)26(22(14-18)36-2)38-16-17-9-11-19(12-10-17)28(33)34/h4-15,32H,3,16H2,1-2H3,(H,33,34)/b23-15-,31-27?. The molecule has 39 heavy (non-hydrogen) atoms. The third-order valence-corrected chi connectivity index (χ3v) is 7.10. The number of hydrogen-bond donors (Lipinski definition) is 2. The van der Waals surface area contributed by atoms with E-state index in [1.807, 2.05) is 18.2 Å². The Hall–Kier alpha value is -4.02. The summed E-state index contributed by atoms with van der Waals surface area (Å²) in [5, 5.41) is 20.4. The molecule has 0 spiro atoms. The number of esters is 1. The summed E-state index contributed by atoms with van der Waals surface area (Å²) in [4.78, 5) is 28.7. The molecular weight excluding hydrogens is 586 g/mol. The van der Waals surface area contributed by atoms with Crippen LogP contribution in [-0.4, -0.2) is 40.9 Å². The lowest BCUT2D eigenvalue weighted by Crippen LogP contribution is -2.12. The van der Waals surface area contributed by atoms with E-state index in [9.17, 15) is 14.7 Å². The molecule has 0 unspecified atom stereocenters. The van der Waals surface area contributed by atoms with Crippen molar-refractivity contribution >= 4 is 56.4 Å². The van der Waals surface area contributed by atoms with Crippen LogP contribution in [0.15, 0.2) is 92.4 Å². The topological polar surface area (TPSA) is 115 Å². The Kier molecular flexibility index (Phi) is 9.11. The van der Waals surface area contributed by atoms with E-state index < -0.39 is 11.9 Å². The SMILES string of the molecule is CCOC(=O)C1=C(O)/C(=C/c2cc(Br)c(OCc3ccc(C(=O)O)cc3)c(OC)c2)SC1=Nc1ccccc1. The number of hydrogen-bond acceptors (Lipinski definition) is 8. The molecule has 1 aliphatic heterocycles. The number of methoxy groups -OCH3 is 1. The summed E-state index contributed by atoms with van der Waals surface area (Å²) < 4.78 is 17.3. The van der Waals surface area contributed by atoms with Crippen LogP contribution in [0.3, 0.4) is 0 Å². The smallest absolute Gasteiger partial charge is 0.344 e. The van der Waals surface area contributed by atoms with Crippen LogP contribution in [0.25, 0.3) is 6.08 Å². The fourth-order valence-corrected chi connectivity index (χ4v) is 5.23. The van der Waals surface area contributed by atoms with Crippen LogP contribution in [0.5, 0.6) is 11.5 Å². The first-order chi connectivity index (χ1) is 18.8. The van der Waals surface area contributed by atoms with Gasteiger partial charge >= 0.3 is 11.9 Å². The highest BCUT2D eigenvalue weighted by molar-refractivity contribution is 9.10. The second-order valence-electron chi connectivity index (χ2n) is 8.13. The number of para-hydroxylation sites is 1. The van der Waals surface area contributed by atoms with Gasteiger partial charge in [-0.05, 0) is 76.5 Å². The van der Waals surface area contributed by atoms with E-state index in [4.69, 9.17) is 19.3 Å². The number of aromatic carboxylic acids is 1. The van der Waals surface area contributed by atoms with E-state index in [2.05, 4.69) is 20.9 Å². The molecule has 0 aliphatic carbocycles. The van der Waals surface area contributed by atoms with Crippen molar-refractivity contribution in [3.8, 4) is 11.5 Å². The fourth-order valence-electron chi connectivity index (χ4n) is 3.63. The Morgan fingerprint density at radius 2 is 1.79 bits per heavy atom. The van der Waals surface area contributed by atoms with Crippen molar-refractivity contribution in [2.75, 3.05) is 13.7 Å². The van der Waals surface area contributed by atoms with Crippen molar-refractivity contribution in [3.63, 3.8) is 0 Å². The van der Waals surface area contributed by atoms with E-state index in [1.165, 1.54) is 19.2 Å². The molecule has 0 aromatic heterocycles. The molecule has 8 nitrogen and oxygen atoms in total. The number of aliphatic imine (C=N–C) groups is 1. The quantitative estimate of drug-likeness (QED) is 0.251. The van der Waals surface area contributed by atoms with Gasteiger partial charge in [-0.1, -0.05) is 42.1 Å². The van der Waals surface area contributed by atoms with Crippen LogP contribution < -0.4 is 9.47 Å². The molecule has 0 bridgehead atoms. The minimum atomic E-state index is -0.995. The number of carboxylic acids is 1. The Balaban J connectivity index is 1.62. The van der Waals surface area contributed by atoms with Gasteiger partial charge in [-0.25, -0.2) is 14.6 Å². The molecule has 3 aromatic rings. The van der Waals surface area contributed by atoms with Crippen LogP contribution in [0.2, 0.25) is 0 Å². The fraction of sp³-hybridized carbons (Fsp3) is 0.138. The van der Waals surface area contributed by atoms with Crippen LogP contribution in [-0.2, 0) is 16.1 Å². The number of aliphatic hydroxyl groups excluding tert-OH is 1. The Bertz CT molecular complexity index is 1480. The van der Waals surface area contributed by atoms with E-state index >= 15 is 0 Å². The first-order valence-corrected chi connectivity index (χ1v) is 13.4.